The van der Waals surface area contributed by atoms with Crippen LogP contribution in [0.15, 0.2) is 40.4 Å². The van der Waals surface area contributed by atoms with Gasteiger partial charge in [0.05, 0.1) is 28.6 Å². The molecule has 0 radical (unpaired) electrons. The third-order valence-electron chi connectivity index (χ3n) is 3.38. The van der Waals surface area contributed by atoms with E-state index in [0.717, 1.165) is 4.40 Å². The van der Waals surface area contributed by atoms with Crippen LogP contribution in [0.3, 0.4) is 0 Å². The molecule has 4 rings (SSSR count). The van der Waals surface area contributed by atoms with Gasteiger partial charge in [0.15, 0.2) is 0 Å². The van der Waals surface area contributed by atoms with Crippen LogP contribution in [-0.4, -0.2) is 29.1 Å². The molecule has 0 fully saturated rings. The minimum Gasteiger partial charge on any atom is -0.317 e. The van der Waals surface area contributed by atoms with Gasteiger partial charge in [0.2, 0.25) is 5.65 Å². The average molecular weight is 293 g/mol. The summed E-state index contributed by atoms with van der Waals surface area (Å²) in [4.78, 5) is 30.4. The van der Waals surface area contributed by atoms with E-state index in [9.17, 15) is 14.9 Å². The molecule has 22 heavy (non-hydrogen) atoms. The third-order valence-corrected chi connectivity index (χ3v) is 3.38. The van der Waals surface area contributed by atoms with Gasteiger partial charge in [0.25, 0.3) is 5.56 Å². The van der Waals surface area contributed by atoms with Crippen molar-refractivity contribution in [2.75, 3.05) is 0 Å². The van der Waals surface area contributed by atoms with Crippen molar-refractivity contribution < 1.29 is 0 Å². The average Bonchev–Trinajstić information content (AvgIpc) is 3.16. The predicted octanol–water partition coefficient (Wildman–Crippen LogP) is -0.0785. The van der Waals surface area contributed by atoms with Crippen LogP contribution in [0, 0.1) is 11.3 Å². The molecule has 106 valence electrons. The topological polar surface area (TPSA) is 125 Å². The van der Waals surface area contributed by atoms with Gasteiger partial charge in [-0.2, -0.15) is 5.26 Å². The van der Waals surface area contributed by atoms with Crippen LogP contribution < -0.4 is 11.2 Å². The summed E-state index contributed by atoms with van der Waals surface area (Å²) < 4.78 is 2.80. The number of nitrogens with zero attached hydrogens (tertiary/aromatic N) is 5. The fourth-order valence-electron chi connectivity index (χ4n) is 2.42. The second kappa shape index (κ2) is 4.16. The molecule has 0 aliphatic rings. The molecule has 0 spiro atoms. The molecule has 9 nitrogen and oxygen atoms in total. The molecule has 3 aromatic heterocycles. The highest BCUT2D eigenvalue weighted by molar-refractivity contribution is 5.82. The number of benzene rings is 1. The van der Waals surface area contributed by atoms with Crippen LogP contribution in [0.2, 0.25) is 0 Å². The van der Waals surface area contributed by atoms with Gasteiger partial charge in [-0.15, -0.1) is 5.10 Å². The summed E-state index contributed by atoms with van der Waals surface area (Å²) in [7, 11) is 0. The van der Waals surface area contributed by atoms with E-state index >= 15 is 0 Å². The van der Waals surface area contributed by atoms with Crippen LogP contribution in [-0.2, 0) is 0 Å². The summed E-state index contributed by atoms with van der Waals surface area (Å²) in [5, 5.41) is 15.3. The van der Waals surface area contributed by atoms with Gasteiger partial charge < -0.3 is 9.55 Å². The molecule has 2 N–H and O–H groups in total. The number of imidazole rings is 1. The van der Waals surface area contributed by atoms with Crippen LogP contribution in [0.5, 0.6) is 0 Å². The lowest BCUT2D eigenvalue weighted by atomic mass is 10.1. The molecule has 0 amide bonds. The van der Waals surface area contributed by atoms with Crippen molar-refractivity contribution in [2.45, 2.75) is 0 Å². The lowest BCUT2D eigenvalue weighted by molar-refractivity contribution is 1.03. The van der Waals surface area contributed by atoms with Crippen LogP contribution >= 0.6 is 0 Å². The second-order valence-electron chi connectivity index (χ2n) is 4.61. The van der Waals surface area contributed by atoms with Gasteiger partial charge in [0, 0.05) is 12.4 Å². The molecule has 9 heteroatoms. The number of aromatic nitrogens is 6. The molecule has 0 bridgehead atoms. The second-order valence-corrected chi connectivity index (χ2v) is 4.61. The number of fused-ring (bicyclic) bond motifs is 3. The van der Waals surface area contributed by atoms with E-state index < -0.39 is 11.2 Å². The molecule has 0 saturated carbocycles. The van der Waals surface area contributed by atoms with Gasteiger partial charge in [-0.25, -0.2) is 19.3 Å². The largest absolute Gasteiger partial charge is 0.348 e. The van der Waals surface area contributed by atoms with Crippen LogP contribution in [0.1, 0.15) is 5.56 Å². The number of nitrogens with one attached hydrogen (secondary N) is 2. The van der Waals surface area contributed by atoms with Gasteiger partial charge >= 0.3 is 5.69 Å². The molecule has 0 atom stereocenters. The predicted molar refractivity (Wildman–Crippen MR) is 75.8 cm³/mol. The van der Waals surface area contributed by atoms with Crippen LogP contribution in [0.4, 0.5) is 0 Å². The normalized spacial score (nSPS) is 11.0. The van der Waals surface area contributed by atoms with E-state index in [1.54, 1.807) is 29.4 Å². The van der Waals surface area contributed by atoms with E-state index in [2.05, 4.69) is 26.2 Å². The number of rotatable bonds is 1. The maximum Gasteiger partial charge on any atom is 0.348 e. The van der Waals surface area contributed by atoms with E-state index in [1.807, 2.05) is 0 Å². The van der Waals surface area contributed by atoms with Crippen molar-refractivity contribution in [2.24, 2.45) is 0 Å². The molecule has 4 aromatic rings. The molecule has 1 aromatic carbocycles. The molecule has 0 aliphatic carbocycles. The highest BCUT2D eigenvalue weighted by Crippen LogP contribution is 2.20. The molecule has 0 saturated heterocycles. The summed E-state index contributed by atoms with van der Waals surface area (Å²) in [5.74, 6) is 0. The van der Waals surface area contributed by atoms with Gasteiger partial charge in [-0.05, 0) is 12.1 Å². The fraction of sp³-hybridized carbons (Fsp3) is 0. The zero-order chi connectivity index (χ0) is 15.3. The first-order valence-corrected chi connectivity index (χ1v) is 6.24. The Kier molecular flexibility index (Phi) is 2.29. The number of nitriles is 1. The Balaban J connectivity index is 2.22. The lowest BCUT2D eigenvalue weighted by Crippen LogP contribution is -2.17. The standard InChI is InChI=1S/C13H7N7O2/c14-5-7-3-10-8(4-9(7)19-2-1-15-6-19)16-12(21)11-17-18-13(22)20(10)11/h1-4,6H,(H,16,21)(H,18,22). The van der Waals surface area contributed by atoms with Gasteiger partial charge in [-0.3, -0.25) is 4.79 Å². The minimum absolute atomic E-state index is 0.0447. The van der Waals surface area contributed by atoms with E-state index in [-0.39, 0.29) is 5.65 Å². The Morgan fingerprint density at radius 2 is 2.14 bits per heavy atom. The third kappa shape index (κ3) is 1.52. The number of hydrogen-bond donors (Lipinski definition) is 2. The quantitative estimate of drug-likeness (QED) is 0.508. The molecular formula is C13H7N7O2. The number of H-pyrrole nitrogens is 2. The first kappa shape index (κ1) is 12.1. The van der Waals surface area contributed by atoms with Crippen molar-refractivity contribution >= 4 is 16.7 Å². The molecule has 3 heterocycles. The van der Waals surface area contributed by atoms with E-state index in [1.165, 1.54) is 6.07 Å². The smallest absolute Gasteiger partial charge is 0.317 e. The van der Waals surface area contributed by atoms with E-state index in [4.69, 9.17) is 0 Å². The summed E-state index contributed by atoms with van der Waals surface area (Å²) in [6.45, 7) is 0. The molecular weight excluding hydrogens is 286 g/mol. The highest BCUT2D eigenvalue weighted by Gasteiger charge is 2.13. The van der Waals surface area contributed by atoms with Crippen molar-refractivity contribution in [3.05, 3.63) is 57.3 Å². The fourth-order valence-corrected chi connectivity index (χ4v) is 2.42. The minimum atomic E-state index is -0.537. The summed E-state index contributed by atoms with van der Waals surface area (Å²) in [5.41, 5.74) is 0.637. The molecule has 0 unspecified atom stereocenters. The van der Waals surface area contributed by atoms with Crippen molar-refractivity contribution in [1.29, 1.82) is 5.26 Å². The van der Waals surface area contributed by atoms with Crippen molar-refractivity contribution in [3.8, 4) is 11.8 Å². The first-order valence-electron chi connectivity index (χ1n) is 6.24. The zero-order valence-corrected chi connectivity index (χ0v) is 10.9. The Hall–Kier alpha value is -3.67. The number of hydrogen-bond acceptors (Lipinski definition) is 5. The lowest BCUT2D eigenvalue weighted by Gasteiger charge is -2.08. The van der Waals surface area contributed by atoms with E-state index in [0.29, 0.717) is 22.3 Å². The summed E-state index contributed by atoms with van der Waals surface area (Å²) >= 11 is 0. The molecule has 0 aliphatic heterocycles. The van der Waals surface area contributed by atoms with Gasteiger partial charge in [0.1, 0.15) is 6.07 Å². The van der Waals surface area contributed by atoms with Gasteiger partial charge in [-0.1, -0.05) is 0 Å². The zero-order valence-electron chi connectivity index (χ0n) is 10.9. The SMILES string of the molecule is N#Cc1cc2c(cc1-n1ccnc1)[nH]c(=O)c1n[nH]c(=O)n12. The Morgan fingerprint density at radius 3 is 2.86 bits per heavy atom. The first-order chi connectivity index (χ1) is 10.7. The highest BCUT2D eigenvalue weighted by atomic mass is 16.2. The summed E-state index contributed by atoms with van der Waals surface area (Å²) in [6.07, 6.45) is 4.81. The Bertz CT molecular complexity index is 1170. The van der Waals surface area contributed by atoms with Crippen molar-refractivity contribution in [1.82, 2.24) is 29.1 Å². The maximum atomic E-state index is 12.0. The van der Waals surface area contributed by atoms with Crippen molar-refractivity contribution in [3.63, 3.8) is 0 Å². The van der Waals surface area contributed by atoms with Crippen LogP contribution in [0.25, 0.3) is 22.4 Å². The maximum absolute atomic E-state index is 12.0. The summed E-state index contributed by atoms with van der Waals surface area (Å²) in [6, 6.07) is 5.23. The number of aromatic amines is 2. The monoisotopic (exact) mass is 293 g/mol. The Morgan fingerprint density at radius 1 is 1.27 bits per heavy atom. The Labute approximate surface area is 121 Å².